The average molecular weight is 1960 g/mol. The summed E-state index contributed by atoms with van der Waals surface area (Å²) >= 11 is 0. The van der Waals surface area contributed by atoms with Crippen LogP contribution in [0.4, 0.5) is 132 Å². The number of phenols is 1. The van der Waals surface area contributed by atoms with Gasteiger partial charge in [0.1, 0.15) is 92.5 Å². The Hall–Kier alpha value is -18.3. The highest BCUT2D eigenvalue weighted by atomic mass is 19.4. The van der Waals surface area contributed by atoms with Crippen molar-refractivity contribution in [1.29, 1.82) is 0 Å². The Morgan fingerprint density at radius 3 is 1.15 bits per heavy atom. The number of hydrogen-bond acceptors (Lipinski definition) is 23. The number of phenolic OH excluding ortho intramolecular Hbond substituents is 1. The number of amides is 1. The van der Waals surface area contributed by atoms with E-state index in [1.54, 1.807) is 106 Å². The van der Waals surface area contributed by atoms with Crippen LogP contribution in [0.25, 0.3) is 84.4 Å². The van der Waals surface area contributed by atoms with Crippen LogP contribution in [0.2, 0.25) is 0 Å². The quantitative estimate of drug-likeness (QED) is 0.0292. The first-order valence-electron chi connectivity index (χ1n) is 41.7. The van der Waals surface area contributed by atoms with Gasteiger partial charge in [0, 0.05) is 58.4 Å². The summed E-state index contributed by atoms with van der Waals surface area (Å²) in [5, 5.41) is 24.1. The first kappa shape index (κ1) is 96.8. The Labute approximate surface area is 789 Å². The summed E-state index contributed by atoms with van der Waals surface area (Å²) in [6.45, 7) is 4.25. The van der Waals surface area contributed by atoms with Crippen LogP contribution in [0.1, 0.15) is 50.5 Å². The predicted octanol–water partition coefficient (Wildman–Crippen LogP) is 23.4. The summed E-state index contributed by atoms with van der Waals surface area (Å²) in [7, 11) is 0. The number of hydrogen-bond donors (Lipinski definition) is 7. The van der Waals surface area contributed by atoms with Crippen LogP contribution in [0.5, 0.6) is 17.2 Å². The number of ether oxygens (including phenoxy) is 2. The number of rotatable bonds is 19. The van der Waals surface area contributed by atoms with Crippen molar-refractivity contribution >= 4 is 113 Å². The maximum Gasteiger partial charge on any atom is 0.573 e. The van der Waals surface area contributed by atoms with Crippen LogP contribution < -0.4 is 41.8 Å². The van der Waals surface area contributed by atoms with E-state index in [1.165, 1.54) is 175 Å². The van der Waals surface area contributed by atoms with E-state index in [4.69, 9.17) is 5.73 Å². The Bertz CT molecular complexity index is 7960. The van der Waals surface area contributed by atoms with Crippen LogP contribution in [0.15, 0.2) is 286 Å². The zero-order chi connectivity index (χ0) is 101. The van der Waals surface area contributed by atoms with Crippen LogP contribution in [-0.4, -0.2) is 116 Å². The molecule has 11 heterocycles. The number of anilines is 10. The number of benzene rings is 9. The molecule has 9 aromatic carbocycles. The van der Waals surface area contributed by atoms with E-state index in [-0.39, 0.29) is 68.9 Å². The molecular weight excluding hydrogens is 1890 g/mol. The number of fused-ring (bicyclic) bond motifs is 5. The fourth-order valence-electron chi connectivity index (χ4n) is 14.4. The number of nitrogens with two attached hydrogens (primary N) is 1. The van der Waals surface area contributed by atoms with E-state index in [9.17, 15) is 84.5 Å². The number of alkyl halides is 14. The van der Waals surface area contributed by atoms with Gasteiger partial charge in [0.05, 0.1) is 105 Å². The van der Waals surface area contributed by atoms with Gasteiger partial charge >= 0.3 is 31.5 Å². The van der Waals surface area contributed by atoms with Gasteiger partial charge in [-0.2, -0.15) is 48.3 Å². The molecule has 46 heteroatoms. The third kappa shape index (κ3) is 23.3. The standard InChI is InChI=1S/C21H16F3N5O.C19H13F4N5O.C19H13F4N5.C19H14F3N5O.C18H12F3N5O/c1-12-26-16-4-2-3-5-17(16)29(12)19-11-13(20(25)30)10-18(28-19)27-15-8-6-14(7-9-15)21(22,23)24;1-11-25-15-8-12(20)2-7-16(15)28(11)18-10-24-9-17(27-18)26-13-3-5-14(6-4-13)29-19(21,22)23;1-11-25-15-8-13(20)4-7-16(15)28(11)18-10-24-9-17(27-18)26-14-5-2-12(3-6-14)19(21,22)23;1-11-24-15-8-12(20)2-7-16(15)27(11)18-10-23-9-17(26-18)25-13-3-5-14(6-4-13)28-19(21)22;19-18(20,21)17-16(26-8-2-1-3-15(26)25-17)13-9-22-10-14(24-13)23-11-4-6-12(27)7-5-11/h2-11H,1H3,(H2,25,30)(H,27,28);2-10H,1H3,(H,26,27);2-10H,1H3,(H,26,27);2-10,19H,1H3,(H,25,26);1-10,27H,(H,23,24). The van der Waals surface area contributed by atoms with Crippen molar-refractivity contribution in [2.75, 3.05) is 26.6 Å². The molecule has 0 saturated heterocycles. The molecule has 142 heavy (non-hydrogen) atoms. The van der Waals surface area contributed by atoms with Gasteiger partial charge < -0.3 is 46.9 Å². The van der Waals surface area contributed by atoms with Gasteiger partial charge in [0.15, 0.2) is 40.6 Å². The SMILES string of the molecule is Cc1nc2cc(F)ccc2n1-c1cncc(Nc2ccc(C(F)(F)F)cc2)n1.Cc1nc2cc(F)ccc2n1-c1cncc(Nc2ccc(OC(F)(F)F)cc2)n1.Cc1nc2cc(F)ccc2n1-c1cncc(Nc2ccc(OC(F)F)cc2)n1.Cc1nc2ccccc2n1-c1cc(C(N)=O)cc(Nc2ccc(C(F)(F)F)cc2)n1.Oc1ccc(Nc2cncc(-c3c(C(F)(F)F)nc4ccccn34)n2)cc1. The molecule has 29 nitrogen and oxygen atoms in total. The first-order valence-corrected chi connectivity index (χ1v) is 41.7. The fraction of sp³-hybridized carbons (Fsp3) is 0.0938. The van der Waals surface area contributed by atoms with Gasteiger partial charge in [-0.1, -0.05) is 18.2 Å². The van der Waals surface area contributed by atoms with Crippen LogP contribution in [-0.2, 0) is 18.5 Å². The lowest BCUT2D eigenvalue weighted by Gasteiger charge is -2.13. The summed E-state index contributed by atoms with van der Waals surface area (Å²) < 4.78 is 235. The van der Waals surface area contributed by atoms with Crippen molar-refractivity contribution < 1.29 is 94.0 Å². The van der Waals surface area contributed by atoms with Gasteiger partial charge in [0.25, 0.3) is 0 Å². The van der Waals surface area contributed by atoms with E-state index >= 15 is 0 Å². The molecule has 0 fully saturated rings. The molecule has 720 valence electrons. The number of aromatic hydroxyl groups is 1. The number of carbonyl (C=O) groups is 1. The number of carbonyl (C=O) groups excluding carboxylic acids is 1. The smallest absolute Gasteiger partial charge is 0.508 e. The zero-order valence-corrected chi connectivity index (χ0v) is 73.4. The molecule has 1 amide bonds. The average Bonchev–Trinajstić information content (AvgIpc) is 1.62. The molecule has 0 aliphatic carbocycles. The highest BCUT2D eigenvalue weighted by Crippen LogP contribution is 2.40. The second-order valence-electron chi connectivity index (χ2n) is 30.4. The van der Waals surface area contributed by atoms with Gasteiger partial charge in [-0.25, -0.2) is 63.0 Å². The third-order valence-electron chi connectivity index (χ3n) is 20.5. The minimum absolute atomic E-state index is 0.0322. The van der Waals surface area contributed by atoms with Crippen molar-refractivity contribution in [3.8, 4) is 51.9 Å². The van der Waals surface area contributed by atoms with Crippen LogP contribution >= 0.6 is 0 Å². The van der Waals surface area contributed by atoms with Crippen molar-refractivity contribution in [2.45, 2.75) is 59.2 Å². The van der Waals surface area contributed by atoms with Crippen molar-refractivity contribution in [2.24, 2.45) is 5.73 Å². The molecule has 20 aromatic rings. The minimum atomic E-state index is -4.75. The Kier molecular flexibility index (Phi) is 27.6. The van der Waals surface area contributed by atoms with Crippen molar-refractivity contribution in [3.63, 3.8) is 0 Å². The zero-order valence-electron chi connectivity index (χ0n) is 73.4. The summed E-state index contributed by atoms with van der Waals surface area (Å²) in [5.74, 6) is 4.05. The van der Waals surface area contributed by atoms with Gasteiger partial charge in [0.2, 0.25) is 5.91 Å². The van der Waals surface area contributed by atoms with Crippen LogP contribution in [0.3, 0.4) is 0 Å². The Balaban J connectivity index is 0.000000128. The number of para-hydroxylation sites is 2. The van der Waals surface area contributed by atoms with E-state index in [2.05, 4.69) is 106 Å². The second-order valence-corrected chi connectivity index (χ2v) is 30.4. The van der Waals surface area contributed by atoms with E-state index < -0.39 is 54.2 Å². The summed E-state index contributed by atoms with van der Waals surface area (Å²) in [4.78, 5) is 71.7. The van der Waals surface area contributed by atoms with Crippen LogP contribution in [0, 0.1) is 45.1 Å². The minimum Gasteiger partial charge on any atom is -0.508 e. The Morgan fingerprint density at radius 2 is 0.732 bits per heavy atom. The molecule has 0 bridgehead atoms. The van der Waals surface area contributed by atoms with E-state index in [0.717, 1.165) is 35.3 Å². The number of nitrogens with zero attached hydrogens (tertiary/aromatic N) is 19. The number of nitrogens with one attached hydrogen (secondary N) is 5. The summed E-state index contributed by atoms with van der Waals surface area (Å²) in [5.41, 5.74) is 10.8. The lowest BCUT2D eigenvalue weighted by Crippen LogP contribution is -2.16. The number of halogens is 17. The molecule has 20 rings (SSSR count). The summed E-state index contributed by atoms with van der Waals surface area (Å²) in [6, 6.07) is 54.6. The molecule has 0 radical (unpaired) electrons. The summed E-state index contributed by atoms with van der Waals surface area (Å²) in [6.07, 6.45) is -4.97. The topological polar surface area (TPSA) is 347 Å². The fourth-order valence-corrected chi connectivity index (χ4v) is 14.4. The molecule has 0 spiro atoms. The van der Waals surface area contributed by atoms with Crippen molar-refractivity contribution in [1.82, 2.24) is 92.4 Å². The van der Waals surface area contributed by atoms with Gasteiger partial charge in [-0.15, -0.1) is 13.2 Å². The second kappa shape index (κ2) is 40.5. The first-order chi connectivity index (χ1) is 67.7. The maximum absolute atomic E-state index is 13.5. The van der Waals surface area contributed by atoms with Crippen molar-refractivity contribution in [3.05, 3.63) is 349 Å². The molecule has 8 N–H and O–H groups in total. The van der Waals surface area contributed by atoms with E-state index in [0.29, 0.717) is 126 Å². The lowest BCUT2D eigenvalue weighted by molar-refractivity contribution is -0.274. The monoisotopic (exact) mass is 1960 g/mol. The third-order valence-corrected chi connectivity index (χ3v) is 20.5. The molecule has 0 saturated carbocycles. The highest BCUT2D eigenvalue weighted by Gasteiger charge is 2.39. The number of imidazole rings is 5. The molecule has 0 atom stereocenters. The number of primary amides is 1. The Morgan fingerprint density at radius 1 is 0.366 bits per heavy atom. The maximum atomic E-state index is 13.5. The molecule has 0 unspecified atom stereocenters. The normalized spacial score (nSPS) is 11.6. The molecule has 11 aromatic heterocycles. The van der Waals surface area contributed by atoms with Gasteiger partial charge in [-0.05, 0) is 222 Å². The van der Waals surface area contributed by atoms with Gasteiger partial charge in [-0.3, -0.25) is 47.4 Å². The largest absolute Gasteiger partial charge is 0.573 e. The predicted molar refractivity (Wildman–Crippen MR) is 491 cm³/mol. The highest BCUT2D eigenvalue weighted by molar-refractivity contribution is 5.94. The molecular formula is C96H68F17N25O4. The number of aromatic nitrogens is 19. The van der Waals surface area contributed by atoms with E-state index in [1.807, 2.05) is 31.2 Å². The number of aryl methyl sites for hydroxylation is 4. The molecule has 0 aliphatic rings. The number of pyridine rings is 2. The lowest BCUT2D eigenvalue weighted by atomic mass is 10.2. The molecule has 0 aliphatic heterocycles.